The molecule has 1 saturated heterocycles. The summed E-state index contributed by atoms with van der Waals surface area (Å²) in [6.45, 7) is 1.62. The second-order valence-corrected chi connectivity index (χ2v) is 5.88. The number of rotatable bonds is 2. The maximum absolute atomic E-state index is 11.5. The lowest BCUT2D eigenvalue weighted by Crippen LogP contribution is -2.39. The molecule has 2 rings (SSSR count). The molecule has 1 aromatic carbocycles. The Kier molecular flexibility index (Phi) is 3.82. The number of thiol groups is 1. The first-order valence-electron chi connectivity index (χ1n) is 5.31. The molecule has 16 heavy (non-hydrogen) atoms. The molecule has 1 aliphatic rings. The number of hydrogen-bond donors (Lipinski definition) is 1. The molecule has 86 valence electrons. The van der Waals surface area contributed by atoms with Crippen LogP contribution in [0.1, 0.15) is 12.5 Å². The Bertz CT molecular complexity index is 369. The third-order valence-corrected chi connectivity index (χ3v) is 4.55. The number of nitrogens with zero attached hydrogens (tertiary/aromatic N) is 1. The van der Waals surface area contributed by atoms with Crippen molar-refractivity contribution in [2.24, 2.45) is 0 Å². The van der Waals surface area contributed by atoms with E-state index in [2.05, 4.69) is 24.8 Å². The highest BCUT2D eigenvalue weighted by molar-refractivity contribution is 8.10. The highest BCUT2D eigenvalue weighted by Gasteiger charge is 2.33. The van der Waals surface area contributed by atoms with Gasteiger partial charge in [-0.2, -0.15) is 0 Å². The van der Waals surface area contributed by atoms with E-state index >= 15 is 0 Å². The van der Waals surface area contributed by atoms with Crippen LogP contribution in [-0.4, -0.2) is 27.3 Å². The van der Waals surface area contributed by atoms with Crippen LogP contribution in [0.25, 0.3) is 0 Å². The maximum Gasteiger partial charge on any atom is 0.221 e. The Morgan fingerprint density at radius 3 is 2.81 bits per heavy atom. The zero-order chi connectivity index (χ0) is 11.5. The van der Waals surface area contributed by atoms with Crippen LogP contribution in [0.15, 0.2) is 30.3 Å². The zero-order valence-corrected chi connectivity index (χ0v) is 10.9. The highest BCUT2D eigenvalue weighted by atomic mass is 32.2. The van der Waals surface area contributed by atoms with Crippen molar-refractivity contribution >= 4 is 30.3 Å². The number of hydrogen-bond acceptors (Lipinski definition) is 3. The first-order chi connectivity index (χ1) is 7.68. The zero-order valence-electron chi connectivity index (χ0n) is 9.17. The summed E-state index contributed by atoms with van der Waals surface area (Å²) < 4.78 is 0.0196. The molecule has 0 radical (unpaired) electrons. The Morgan fingerprint density at radius 1 is 1.50 bits per heavy atom. The highest BCUT2D eigenvalue weighted by Crippen LogP contribution is 2.32. The minimum absolute atomic E-state index is 0.0196. The standard InChI is InChI=1S/C12H15NOS2/c1-9(14)13-11(8-16-12(13)15)7-10-5-3-2-4-6-10/h2-6,11-12,15H,7-8H2,1H3/t11-,12-/m1/s1. The van der Waals surface area contributed by atoms with E-state index in [1.54, 1.807) is 18.7 Å². The maximum atomic E-state index is 11.5. The smallest absolute Gasteiger partial charge is 0.221 e. The van der Waals surface area contributed by atoms with Crippen molar-refractivity contribution in [2.45, 2.75) is 24.1 Å². The number of amides is 1. The van der Waals surface area contributed by atoms with Gasteiger partial charge >= 0.3 is 0 Å². The van der Waals surface area contributed by atoms with E-state index in [9.17, 15) is 4.79 Å². The normalized spacial score (nSPS) is 24.8. The molecule has 0 saturated carbocycles. The second kappa shape index (κ2) is 5.15. The monoisotopic (exact) mass is 253 g/mol. The Labute approximate surface area is 106 Å². The molecule has 0 aliphatic carbocycles. The Hall–Kier alpha value is -0.610. The third kappa shape index (κ3) is 2.55. The molecular formula is C12H15NOS2. The Morgan fingerprint density at radius 2 is 2.19 bits per heavy atom. The summed E-state index contributed by atoms with van der Waals surface area (Å²) >= 11 is 6.15. The molecular weight excluding hydrogens is 238 g/mol. The predicted octanol–water partition coefficient (Wildman–Crippen LogP) is 2.41. The summed E-state index contributed by atoms with van der Waals surface area (Å²) in [4.78, 5) is 13.4. The molecule has 1 amide bonds. The van der Waals surface area contributed by atoms with Gasteiger partial charge in [-0.3, -0.25) is 4.79 Å². The summed E-state index contributed by atoms with van der Waals surface area (Å²) in [6, 6.07) is 10.6. The average molecular weight is 253 g/mol. The second-order valence-electron chi connectivity index (χ2n) is 3.93. The molecule has 0 bridgehead atoms. The van der Waals surface area contributed by atoms with Gasteiger partial charge in [-0.05, 0) is 12.0 Å². The van der Waals surface area contributed by atoms with E-state index in [1.165, 1.54) is 5.56 Å². The van der Waals surface area contributed by atoms with Crippen molar-refractivity contribution in [1.29, 1.82) is 0 Å². The summed E-state index contributed by atoms with van der Waals surface area (Å²) in [5.74, 6) is 1.09. The molecule has 1 aromatic rings. The average Bonchev–Trinajstić information content (AvgIpc) is 2.61. The van der Waals surface area contributed by atoms with Crippen LogP contribution in [0.2, 0.25) is 0 Å². The first-order valence-corrected chi connectivity index (χ1v) is 6.87. The topological polar surface area (TPSA) is 20.3 Å². The first kappa shape index (κ1) is 11.9. The lowest BCUT2D eigenvalue weighted by Gasteiger charge is -2.25. The Balaban J connectivity index is 2.07. The van der Waals surface area contributed by atoms with Crippen molar-refractivity contribution in [3.63, 3.8) is 0 Å². The lowest BCUT2D eigenvalue weighted by molar-refractivity contribution is -0.129. The van der Waals surface area contributed by atoms with Crippen molar-refractivity contribution < 1.29 is 4.79 Å². The van der Waals surface area contributed by atoms with E-state index in [1.807, 2.05) is 23.1 Å². The largest absolute Gasteiger partial charge is 0.318 e. The molecule has 1 aliphatic heterocycles. The van der Waals surface area contributed by atoms with Gasteiger partial charge in [-0.15, -0.1) is 24.4 Å². The van der Waals surface area contributed by atoms with E-state index in [-0.39, 0.29) is 16.7 Å². The van der Waals surface area contributed by atoms with Gasteiger partial charge in [0, 0.05) is 18.7 Å². The van der Waals surface area contributed by atoms with Crippen LogP contribution in [0.3, 0.4) is 0 Å². The number of thioether (sulfide) groups is 1. The fourth-order valence-electron chi connectivity index (χ4n) is 1.99. The van der Waals surface area contributed by atoms with Crippen LogP contribution in [0.4, 0.5) is 0 Å². The van der Waals surface area contributed by atoms with Crippen LogP contribution >= 0.6 is 24.4 Å². The van der Waals surface area contributed by atoms with Crippen molar-refractivity contribution in [1.82, 2.24) is 4.90 Å². The van der Waals surface area contributed by atoms with Gasteiger partial charge < -0.3 is 4.90 Å². The van der Waals surface area contributed by atoms with Crippen molar-refractivity contribution in [3.8, 4) is 0 Å². The number of benzene rings is 1. The predicted molar refractivity (Wildman–Crippen MR) is 71.7 cm³/mol. The van der Waals surface area contributed by atoms with E-state index in [0.29, 0.717) is 0 Å². The van der Waals surface area contributed by atoms with Crippen LogP contribution in [0, 0.1) is 0 Å². The molecule has 0 aromatic heterocycles. The molecule has 0 spiro atoms. The van der Waals surface area contributed by atoms with Crippen molar-refractivity contribution in [3.05, 3.63) is 35.9 Å². The van der Waals surface area contributed by atoms with Crippen LogP contribution in [0.5, 0.6) is 0 Å². The molecule has 1 fully saturated rings. The fraction of sp³-hybridized carbons (Fsp3) is 0.417. The van der Waals surface area contributed by atoms with E-state index in [0.717, 1.165) is 12.2 Å². The van der Waals surface area contributed by atoms with Crippen LogP contribution < -0.4 is 0 Å². The van der Waals surface area contributed by atoms with Crippen LogP contribution in [-0.2, 0) is 11.2 Å². The minimum atomic E-state index is 0.0196. The van der Waals surface area contributed by atoms with Crippen molar-refractivity contribution in [2.75, 3.05) is 5.75 Å². The molecule has 2 atom stereocenters. The molecule has 0 N–H and O–H groups in total. The van der Waals surface area contributed by atoms with Gasteiger partial charge in [-0.1, -0.05) is 30.3 Å². The van der Waals surface area contributed by atoms with Gasteiger partial charge in [0.1, 0.15) is 4.71 Å². The fourth-order valence-corrected chi connectivity index (χ4v) is 3.76. The number of carbonyl (C=O) groups is 1. The molecule has 0 unspecified atom stereocenters. The van der Waals surface area contributed by atoms with Gasteiger partial charge in [0.05, 0.1) is 0 Å². The molecule has 1 heterocycles. The summed E-state index contributed by atoms with van der Waals surface area (Å²) in [6.07, 6.45) is 0.921. The summed E-state index contributed by atoms with van der Waals surface area (Å²) in [7, 11) is 0. The summed E-state index contributed by atoms with van der Waals surface area (Å²) in [5, 5.41) is 0. The number of carbonyl (C=O) groups excluding carboxylic acids is 1. The molecule has 2 nitrogen and oxygen atoms in total. The van der Waals surface area contributed by atoms with E-state index < -0.39 is 0 Å². The van der Waals surface area contributed by atoms with E-state index in [4.69, 9.17) is 0 Å². The van der Waals surface area contributed by atoms with Gasteiger partial charge in [0.25, 0.3) is 0 Å². The SMILES string of the molecule is CC(=O)N1[C@H](Cc2ccccc2)CS[C@H]1S. The van der Waals surface area contributed by atoms with Gasteiger partial charge in [0.2, 0.25) is 5.91 Å². The minimum Gasteiger partial charge on any atom is -0.318 e. The third-order valence-electron chi connectivity index (χ3n) is 2.75. The summed E-state index contributed by atoms with van der Waals surface area (Å²) in [5.41, 5.74) is 1.28. The molecule has 4 heteroatoms. The quantitative estimate of drug-likeness (QED) is 0.817. The van der Waals surface area contributed by atoms with Gasteiger partial charge in [0.15, 0.2) is 0 Å². The van der Waals surface area contributed by atoms with Gasteiger partial charge in [-0.25, -0.2) is 0 Å². The lowest BCUT2D eigenvalue weighted by atomic mass is 10.1.